The van der Waals surface area contributed by atoms with Crippen LogP contribution in [0.15, 0.2) is 4.99 Å². The van der Waals surface area contributed by atoms with Crippen LogP contribution in [0, 0.1) is 0 Å². The number of hydrogen-bond donors (Lipinski definition) is 3. The van der Waals surface area contributed by atoms with Crippen LogP contribution in [0.2, 0.25) is 0 Å². The van der Waals surface area contributed by atoms with Crippen molar-refractivity contribution in [3.05, 3.63) is 0 Å². The fourth-order valence-electron chi connectivity index (χ4n) is 1.41. The first kappa shape index (κ1) is 18.1. The minimum Gasteiger partial charge on any atom is -0.382 e. The highest BCUT2D eigenvalue weighted by atomic mass is 32.2. The van der Waals surface area contributed by atoms with E-state index in [2.05, 4.69) is 15.0 Å². The van der Waals surface area contributed by atoms with Crippen LogP contribution in [0.1, 0.15) is 27.2 Å². The van der Waals surface area contributed by atoms with Gasteiger partial charge in [0.25, 0.3) is 0 Å². The van der Waals surface area contributed by atoms with Crippen molar-refractivity contribution in [3.63, 3.8) is 0 Å². The lowest BCUT2D eigenvalue weighted by atomic mass is 10.1. The summed E-state index contributed by atoms with van der Waals surface area (Å²) in [7, 11) is -3.25. The average molecular weight is 294 g/mol. The molecule has 0 aliphatic rings. The Morgan fingerprint density at radius 3 is 2.58 bits per heavy atom. The molecule has 0 saturated heterocycles. The SMILES string of the molecule is CCOCCCNC(N)=NCC(C)(C)NS(C)(=O)=O. The lowest BCUT2D eigenvalue weighted by Gasteiger charge is -2.22. The Kier molecular flexibility index (Phi) is 7.96. The number of nitrogens with one attached hydrogen (secondary N) is 2. The van der Waals surface area contributed by atoms with Gasteiger partial charge in [-0.2, -0.15) is 0 Å². The van der Waals surface area contributed by atoms with Gasteiger partial charge >= 0.3 is 0 Å². The van der Waals surface area contributed by atoms with Gasteiger partial charge in [-0.1, -0.05) is 0 Å². The van der Waals surface area contributed by atoms with Gasteiger partial charge in [-0.15, -0.1) is 0 Å². The molecule has 8 heteroatoms. The molecule has 0 fully saturated rings. The minimum atomic E-state index is -3.25. The molecule has 0 aromatic rings. The summed E-state index contributed by atoms with van der Waals surface area (Å²) in [5, 5.41) is 2.95. The second kappa shape index (κ2) is 8.34. The number of rotatable bonds is 9. The summed E-state index contributed by atoms with van der Waals surface area (Å²) in [6.45, 7) is 7.77. The molecule has 4 N–H and O–H groups in total. The molecule has 0 atom stereocenters. The standard InChI is InChI=1S/C11H26N4O3S/c1-5-18-8-6-7-13-10(12)14-9-11(2,3)15-19(4,16)17/h15H,5-9H2,1-4H3,(H3,12,13,14). The second-order valence-electron chi connectivity index (χ2n) is 4.94. The largest absolute Gasteiger partial charge is 0.382 e. The van der Waals surface area contributed by atoms with Gasteiger partial charge in [-0.05, 0) is 27.2 Å². The number of aliphatic imine (C=N–C) groups is 1. The first-order chi connectivity index (χ1) is 8.66. The molecule has 0 amide bonds. The maximum atomic E-state index is 11.1. The van der Waals surface area contributed by atoms with Crippen molar-refractivity contribution in [1.82, 2.24) is 10.0 Å². The number of hydrogen-bond acceptors (Lipinski definition) is 4. The van der Waals surface area contributed by atoms with Crippen molar-refractivity contribution in [3.8, 4) is 0 Å². The van der Waals surface area contributed by atoms with E-state index < -0.39 is 15.6 Å². The molecule has 7 nitrogen and oxygen atoms in total. The van der Waals surface area contributed by atoms with Gasteiger partial charge in [-0.3, -0.25) is 4.99 Å². The Hall–Kier alpha value is -0.860. The van der Waals surface area contributed by atoms with Gasteiger partial charge in [0, 0.05) is 25.3 Å². The van der Waals surface area contributed by atoms with Gasteiger partial charge in [0.2, 0.25) is 10.0 Å². The van der Waals surface area contributed by atoms with Crippen LogP contribution >= 0.6 is 0 Å². The average Bonchev–Trinajstić information content (AvgIpc) is 2.23. The molecule has 0 saturated carbocycles. The van der Waals surface area contributed by atoms with E-state index in [1.807, 2.05) is 6.92 Å². The van der Waals surface area contributed by atoms with E-state index in [-0.39, 0.29) is 6.54 Å². The predicted octanol–water partition coefficient (Wildman–Crippen LogP) is -0.355. The maximum Gasteiger partial charge on any atom is 0.209 e. The molecule has 0 heterocycles. The highest BCUT2D eigenvalue weighted by Gasteiger charge is 2.21. The van der Waals surface area contributed by atoms with Crippen LogP contribution in [-0.2, 0) is 14.8 Å². The molecule has 0 aliphatic heterocycles. The Balaban J connectivity index is 4.02. The van der Waals surface area contributed by atoms with E-state index in [9.17, 15) is 8.42 Å². The smallest absolute Gasteiger partial charge is 0.209 e. The normalized spacial score (nSPS) is 13.6. The third kappa shape index (κ3) is 11.9. The van der Waals surface area contributed by atoms with Crippen LogP contribution in [0.4, 0.5) is 0 Å². The highest BCUT2D eigenvalue weighted by molar-refractivity contribution is 7.88. The van der Waals surface area contributed by atoms with Crippen molar-refractivity contribution in [2.75, 3.05) is 32.6 Å². The van der Waals surface area contributed by atoms with E-state index in [1.54, 1.807) is 13.8 Å². The first-order valence-electron chi connectivity index (χ1n) is 6.27. The van der Waals surface area contributed by atoms with Crippen molar-refractivity contribution in [1.29, 1.82) is 0 Å². The number of nitrogens with zero attached hydrogens (tertiary/aromatic N) is 1. The van der Waals surface area contributed by atoms with E-state index in [4.69, 9.17) is 10.5 Å². The van der Waals surface area contributed by atoms with E-state index in [0.29, 0.717) is 25.7 Å². The Bertz CT molecular complexity index is 379. The third-order valence-corrected chi connectivity index (χ3v) is 3.01. The van der Waals surface area contributed by atoms with E-state index in [0.717, 1.165) is 12.7 Å². The van der Waals surface area contributed by atoms with E-state index >= 15 is 0 Å². The Morgan fingerprint density at radius 1 is 1.42 bits per heavy atom. The van der Waals surface area contributed by atoms with Crippen LogP contribution in [-0.4, -0.2) is 52.5 Å². The summed E-state index contributed by atoms with van der Waals surface area (Å²) >= 11 is 0. The molecule has 0 unspecified atom stereocenters. The molecule has 0 aliphatic carbocycles. The van der Waals surface area contributed by atoms with Crippen LogP contribution in [0.25, 0.3) is 0 Å². The zero-order valence-corrected chi connectivity index (χ0v) is 13.0. The highest BCUT2D eigenvalue weighted by Crippen LogP contribution is 2.03. The third-order valence-electron chi connectivity index (χ3n) is 2.08. The van der Waals surface area contributed by atoms with Gasteiger partial charge < -0.3 is 15.8 Å². The summed E-state index contributed by atoms with van der Waals surface area (Å²) in [6.07, 6.45) is 1.96. The van der Waals surface area contributed by atoms with E-state index in [1.165, 1.54) is 0 Å². The number of nitrogens with two attached hydrogens (primary N) is 1. The van der Waals surface area contributed by atoms with Gasteiger partial charge in [-0.25, -0.2) is 13.1 Å². The fraction of sp³-hybridized carbons (Fsp3) is 0.909. The van der Waals surface area contributed by atoms with Crippen molar-refractivity contribution >= 4 is 16.0 Å². The van der Waals surface area contributed by atoms with Crippen LogP contribution in [0.3, 0.4) is 0 Å². The number of guanidine groups is 1. The monoisotopic (exact) mass is 294 g/mol. The second-order valence-corrected chi connectivity index (χ2v) is 6.69. The summed E-state index contributed by atoms with van der Waals surface area (Å²) < 4.78 is 30.0. The topological polar surface area (TPSA) is 106 Å². The van der Waals surface area contributed by atoms with Crippen molar-refractivity contribution in [2.24, 2.45) is 10.7 Å². The molecular weight excluding hydrogens is 268 g/mol. The number of ether oxygens (including phenoxy) is 1. The lowest BCUT2D eigenvalue weighted by molar-refractivity contribution is 0.145. The Morgan fingerprint density at radius 2 is 2.05 bits per heavy atom. The lowest BCUT2D eigenvalue weighted by Crippen LogP contribution is -2.46. The molecule has 0 rings (SSSR count). The zero-order chi connectivity index (χ0) is 14.9. The molecule has 0 radical (unpaired) electrons. The summed E-state index contributed by atoms with van der Waals surface area (Å²) in [6, 6.07) is 0. The summed E-state index contributed by atoms with van der Waals surface area (Å²) in [4.78, 5) is 4.11. The van der Waals surface area contributed by atoms with Crippen molar-refractivity contribution < 1.29 is 13.2 Å². The molecule has 0 aromatic heterocycles. The first-order valence-corrected chi connectivity index (χ1v) is 8.16. The predicted molar refractivity (Wildman–Crippen MR) is 77.7 cm³/mol. The molecule has 114 valence electrons. The van der Waals surface area contributed by atoms with Crippen LogP contribution < -0.4 is 15.8 Å². The maximum absolute atomic E-state index is 11.1. The van der Waals surface area contributed by atoms with Gasteiger partial charge in [0.15, 0.2) is 5.96 Å². The molecule has 0 spiro atoms. The zero-order valence-electron chi connectivity index (χ0n) is 12.2. The van der Waals surface area contributed by atoms with Gasteiger partial charge in [0.1, 0.15) is 0 Å². The summed E-state index contributed by atoms with van der Waals surface area (Å²) in [5.41, 5.74) is 5.02. The molecule has 0 bridgehead atoms. The minimum absolute atomic E-state index is 0.268. The van der Waals surface area contributed by atoms with Crippen LogP contribution in [0.5, 0.6) is 0 Å². The Labute approximate surface area is 116 Å². The fourth-order valence-corrected chi connectivity index (χ4v) is 2.48. The molecular formula is C11H26N4O3S. The number of sulfonamides is 1. The van der Waals surface area contributed by atoms with Gasteiger partial charge in [0.05, 0.1) is 12.8 Å². The summed E-state index contributed by atoms with van der Waals surface area (Å²) in [5.74, 6) is 0.305. The molecule has 0 aromatic carbocycles. The quantitative estimate of drug-likeness (QED) is 0.306. The molecule has 19 heavy (non-hydrogen) atoms. The van der Waals surface area contributed by atoms with Crippen molar-refractivity contribution in [2.45, 2.75) is 32.7 Å².